The van der Waals surface area contributed by atoms with Crippen molar-refractivity contribution in [1.82, 2.24) is 0 Å². The van der Waals surface area contributed by atoms with E-state index in [1.54, 1.807) is 0 Å². The summed E-state index contributed by atoms with van der Waals surface area (Å²) in [5, 5.41) is 0.156. The van der Waals surface area contributed by atoms with Gasteiger partial charge in [0.2, 0.25) is 0 Å². The van der Waals surface area contributed by atoms with Gasteiger partial charge < -0.3 is 5.73 Å². The van der Waals surface area contributed by atoms with Gasteiger partial charge in [0.25, 0.3) is 0 Å². The van der Waals surface area contributed by atoms with Crippen LogP contribution in [0, 0.1) is 0 Å². The number of rotatable bonds is 2. The molecule has 0 aliphatic carbocycles. The molecular formula is C12H19NS. The normalized spacial score (nSPS) is 14.1. The smallest absolute Gasteiger partial charge is 0.0389 e. The van der Waals surface area contributed by atoms with Gasteiger partial charge in [0.1, 0.15) is 0 Å². The van der Waals surface area contributed by atoms with Crippen molar-refractivity contribution in [2.45, 2.75) is 31.4 Å². The van der Waals surface area contributed by atoms with Gasteiger partial charge in [-0.15, -0.1) is 0 Å². The molecule has 0 saturated heterocycles. The SMILES string of the molecule is CC(C)(C)c1ccc(C(S)CN)cc1. The Kier molecular flexibility index (Phi) is 3.62. The highest BCUT2D eigenvalue weighted by atomic mass is 32.1. The fourth-order valence-electron chi connectivity index (χ4n) is 1.34. The molecule has 14 heavy (non-hydrogen) atoms. The lowest BCUT2D eigenvalue weighted by atomic mass is 9.86. The molecule has 0 aliphatic heterocycles. The minimum atomic E-state index is 0.156. The summed E-state index contributed by atoms with van der Waals surface area (Å²) in [6.45, 7) is 7.22. The van der Waals surface area contributed by atoms with Gasteiger partial charge in [0.15, 0.2) is 0 Å². The summed E-state index contributed by atoms with van der Waals surface area (Å²) in [5.41, 5.74) is 8.31. The summed E-state index contributed by atoms with van der Waals surface area (Å²) in [5.74, 6) is 0. The molecular weight excluding hydrogens is 190 g/mol. The Bertz CT molecular complexity index is 284. The summed E-state index contributed by atoms with van der Waals surface area (Å²) in [4.78, 5) is 0. The van der Waals surface area contributed by atoms with E-state index in [1.165, 1.54) is 11.1 Å². The summed E-state index contributed by atoms with van der Waals surface area (Å²) in [6, 6.07) is 8.55. The minimum absolute atomic E-state index is 0.156. The highest BCUT2D eigenvalue weighted by molar-refractivity contribution is 7.80. The highest BCUT2D eigenvalue weighted by Crippen LogP contribution is 2.25. The van der Waals surface area contributed by atoms with Crippen LogP contribution in [-0.4, -0.2) is 6.54 Å². The monoisotopic (exact) mass is 209 g/mol. The summed E-state index contributed by atoms with van der Waals surface area (Å²) in [6.07, 6.45) is 0. The first-order valence-electron chi connectivity index (χ1n) is 4.93. The molecule has 2 N–H and O–H groups in total. The molecule has 1 nitrogen and oxygen atoms in total. The molecule has 1 rings (SSSR count). The van der Waals surface area contributed by atoms with Gasteiger partial charge in [0.05, 0.1) is 0 Å². The van der Waals surface area contributed by atoms with Gasteiger partial charge >= 0.3 is 0 Å². The molecule has 0 fully saturated rings. The largest absolute Gasteiger partial charge is 0.329 e. The Morgan fingerprint density at radius 1 is 1.21 bits per heavy atom. The Morgan fingerprint density at radius 2 is 1.71 bits per heavy atom. The molecule has 0 aromatic heterocycles. The van der Waals surface area contributed by atoms with Crippen LogP contribution >= 0.6 is 12.6 Å². The molecule has 0 radical (unpaired) electrons. The van der Waals surface area contributed by atoms with Crippen LogP contribution in [0.25, 0.3) is 0 Å². The van der Waals surface area contributed by atoms with Crippen LogP contribution in [0.15, 0.2) is 24.3 Å². The standard InChI is InChI=1S/C12H19NS/c1-12(2,3)10-6-4-9(5-7-10)11(14)8-13/h4-7,11,14H,8,13H2,1-3H3. The minimum Gasteiger partial charge on any atom is -0.329 e. The van der Waals surface area contributed by atoms with Crippen molar-refractivity contribution in [3.8, 4) is 0 Å². The third kappa shape index (κ3) is 2.76. The molecule has 0 spiro atoms. The molecule has 0 heterocycles. The topological polar surface area (TPSA) is 26.0 Å². The molecule has 1 aromatic rings. The van der Waals surface area contributed by atoms with Crippen molar-refractivity contribution in [2.75, 3.05) is 6.54 Å². The predicted molar refractivity (Wildman–Crippen MR) is 65.9 cm³/mol. The van der Waals surface area contributed by atoms with Gasteiger partial charge in [-0.25, -0.2) is 0 Å². The van der Waals surface area contributed by atoms with Crippen LogP contribution in [0.3, 0.4) is 0 Å². The maximum Gasteiger partial charge on any atom is 0.0389 e. The predicted octanol–water partition coefficient (Wildman–Crippen LogP) is 2.91. The average Bonchev–Trinajstić information content (AvgIpc) is 2.15. The second-order valence-corrected chi connectivity index (χ2v) is 5.25. The third-order valence-corrected chi connectivity index (χ3v) is 2.89. The highest BCUT2D eigenvalue weighted by Gasteiger charge is 2.13. The second-order valence-electron chi connectivity index (χ2n) is 4.62. The summed E-state index contributed by atoms with van der Waals surface area (Å²) < 4.78 is 0. The van der Waals surface area contributed by atoms with Gasteiger partial charge in [-0.1, -0.05) is 45.0 Å². The first-order valence-corrected chi connectivity index (χ1v) is 5.45. The van der Waals surface area contributed by atoms with Crippen LogP contribution in [0.2, 0.25) is 0 Å². The Balaban J connectivity index is 2.89. The lowest BCUT2D eigenvalue weighted by Gasteiger charge is -2.19. The number of hydrogen-bond acceptors (Lipinski definition) is 2. The molecule has 1 atom stereocenters. The maximum atomic E-state index is 5.55. The van der Waals surface area contributed by atoms with Crippen molar-refractivity contribution >= 4 is 12.6 Å². The Labute approximate surface area is 92.1 Å². The molecule has 0 saturated carbocycles. The summed E-state index contributed by atoms with van der Waals surface area (Å²) >= 11 is 4.40. The van der Waals surface area contributed by atoms with Crippen LogP contribution in [0.4, 0.5) is 0 Å². The van der Waals surface area contributed by atoms with E-state index in [2.05, 4.69) is 57.7 Å². The Hall–Kier alpha value is -0.470. The van der Waals surface area contributed by atoms with E-state index >= 15 is 0 Å². The van der Waals surface area contributed by atoms with Crippen LogP contribution < -0.4 is 5.73 Å². The number of thiol groups is 1. The van der Waals surface area contributed by atoms with E-state index in [9.17, 15) is 0 Å². The molecule has 78 valence electrons. The lowest BCUT2D eigenvalue weighted by Crippen LogP contribution is -2.11. The number of nitrogens with two attached hydrogens (primary N) is 1. The van der Waals surface area contributed by atoms with Crippen LogP contribution in [-0.2, 0) is 5.41 Å². The van der Waals surface area contributed by atoms with Crippen LogP contribution in [0.1, 0.15) is 37.1 Å². The van der Waals surface area contributed by atoms with E-state index < -0.39 is 0 Å². The van der Waals surface area contributed by atoms with Crippen LogP contribution in [0.5, 0.6) is 0 Å². The molecule has 2 heteroatoms. The average molecular weight is 209 g/mol. The quantitative estimate of drug-likeness (QED) is 0.720. The van der Waals surface area contributed by atoms with E-state index in [4.69, 9.17) is 5.73 Å². The van der Waals surface area contributed by atoms with Gasteiger partial charge in [-0.2, -0.15) is 12.6 Å². The second kappa shape index (κ2) is 4.37. The van der Waals surface area contributed by atoms with Crippen molar-refractivity contribution in [1.29, 1.82) is 0 Å². The molecule has 0 bridgehead atoms. The maximum absolute atomic E-state index is 5.55. The van der Waals surface area contributed by atoms with Gasteiger partial charge in [-0.05, 0) is 16.5 Å². The zero-order valence-corrected chi connectivity index (χ0v) is 10.0. The van der Waals surface area contributed by atoms with Crippen molar-refractivity contribution < 1.29 is 0 Å². The molecule has 1 aromatic carbocycles. The molecule has 1 unspecified atom stereocenters. The number of benzene rings is 1. The fraction of sp³-hybridized carbons (Fsp3) is 0.500. The zero-order chi connectivity index (χ0) is 10.8. The van der Waals surface area contributed by atoms with E-state index in [1.807, 2.05) is 0 Å². The van der Waals surface area contributed by atoms with Crippen molar-refractivity contribution in [3.05, 3.63) is 35.4 Å². The van der Waals surface area contributed by atoms with Crippen molar-refractivity contribution in [3.63, 3.8) is 0 Å². The van der Waals surface area contributed by atoms with E-state index in [-0.39, 0.29) is 10.7 Å². The first-order chi connectivity index (χ1) is 6.45. The summed E-state index contributed by atoms with van der Waals surface area (Å²) in [7, 11) is 0. The zero-order valence-electron chi connectivity index (χ0n) is 9.12. The molecule has 0 aliphatic rings. The fourth-order valence-corrected chi connectivity index (χ4v) is 1.51. The van der Waals surface area contributed by atoms with Gasteiger partial charge in [-0.3, -0.25) is 0 Å². The van der Waals surface area contributed by atoms with E-state index in [0.29, 0.717) is 6.54 Å². The number of hydrogen-bond donors (Lipinski definition) is 2. The molecule has 0 amide bonds. The van der Waals surface area contributed by atoms with Gasteiger partial charge in [0, 0.05) is 11.8 Å². The lowest BCUT2D eigenvalue weighted by molar-refractivity contribution is 0.590. The first kappa shape index (κ1) is 11.6. The Morgan fingerprint density at radius 3 is 2.07 bits per heavy atom. The third-order valence-electron chi connectivity index (χ3n) is 2.38. The van der Waals surface area contributed by atoms with Crippen molar-refractivity contribution in [2.24, 2.45) is 5.73 Å². The van der Waals surface area contributed by atoms with E-state index in [0.717, 1.165) is 0 Å².